The number of cyclic esters (lactones) is 1. The largest absolute Gasteiger partial charge is 0.421 e. The van der Waals surface area contributed by atoms with Crippen molar-refractivity contribution >= 4 is 11.7 Å². The van der Waals surface area contributed by atoms with Crippen molar-refractivity contribution in [3.63, 3.8) is 0 Å². The van der Waals surface area contributed by atoms with E-state index >= 15 is 0 Å². The molecule has 3 heteroatoms. The van der Waals surface area contributed by atoms with E-state index in [4.69, 9.17) is 4.74 Å². The third-order valence-corrected chi connectivity index (χ3v) is 3.51. The summed E-state index contributed by atoms with van der Waals surface area (Å²) in [6.45, 7) is 2.21. The zero-order chi connectivity index (χ0) is 14.9. The van der Waals surface area contributed by atoms with Gasteiger partial charge in [-0.3, -0.25) is 0 Å². The minimum Gasteiger partial charge on any atom is -0.421 e. The molecule has 21 heavy (non-hydrogen) atoms. The first-order valence-electron chi connectivity index (χ1n) is 7.74. The highest BCUT2D eigenvalue weighted by Crippen LogP contribution is 2.25. The van der Waals surface area contributed by atoms with Gasteiger partial charge in [-0.15, -0.1) is 0 Å². The van der Waals surface area contributed by atoms with Gasteiger partial charge in [0.25, 0.3) is 0 Å². The molecule has 1 heterocycles. The van der Waals surface area contributed by atoms with Crippen molar-refractivity contribution in [3.8, 4) is 0 Å². The number of anilines is 1. The number of nitrogens with one attached hydrogen (secondary N) is 1. The molecule has 0 saturated carbocycles. The van der Waals surface area contributed by atoms with Crippen LogP contribution in [0.1, 0.15) is 45.4 Å². The van der Waals surface area contributed by atoms with Crippen molar-refractivity contribution in [1.82, 2.24) is 0 Å². The van der Waals surface area contributed by atoms with Gasteiger partial charge in [-0.2, -0.15) is 0 Å². The van der Waals surface area contributed by atoms with Gasteiger partial charge in [0.15, 0.2) is 5.76 Å². The quantitative estimate of drug-likeness (QED) is 0.551. The molecule has 0 amide bonds. The average Bonchev–Trinajstić information content (AvgIpc) is 2.86. The molecule has 1 N–H and O–H groups in total. The summed E-state index contributed by atoms with van der Waals surface area (Å²) < 4.78 is 5.24. The van der Waals surface area contributed by atoms with Crippen molar-refractivity contribution in [3.05, 3.63) is 53.9 Å². The molecule has 0 fully saturated rings. The Hall–Kier alpha value is -2.03. The second-order valence-electron chi connectivity index (χ2n) is 5.27. The van der Waals surface area contributed by atoms with Gasteiger partial charge in [-0.05, 0) is 25.0 Å². The number of rotatable bonds is 8. The maximum atomic E-state index is 11.4. The number of carbonyl (C=O) groups excluding carboxylic acids is 1. The van der Waals surface area contributed by atoms with E-state index in [0.717, 1.165) is 24.1 Å². The van der Waals surface area contributed by atoms with Crippen LogP contribution in [0, 0.1) is 0 Å². The summed E-state index contributed by atoms with van der Waals surface area (Å²) in [6.07, 6.45) is 10.4. The number of para-hydroxylation sites is 1. The van der Waals surface area contributed by atoms with Gasteiger partial charge in [0.2, 0.25) is 0 Å². The lowest BCUT2D eigenvalue weighted by Gasteiger charge is -2.06. The SMILES string of the molecule is CCCCCCCC1=CC(=O)OC1=CNc1ccccc1. The molecule has 0 unspecified atom stereocenters. The van der Waals surface area contributed by atoms with Crippen LogP contribution in [0.4, 0.5) is 5.69 Å². The maximum absolute atomic E-state index is 11.4. The Labute approximate surface area is 126 Å². The van der Waals surface area contributed by atoms with Gasteiger partial charge in [0, 0.05) is 23.5 Å². The third-order valence-electron chi connectivity index (χ3n) is 3.51. The van der Waals surface area contributed by atoms with Crippen molar-refractivity contribution in [2.75, 3.05) is 5.32 Å². The zero-order valence-electron chi connectivity index (χ0n) is 12.6. The van der Waals surface area contributed by atoms with Crippen LogP contribution < -0.4 is 5.32 Å². The van der Waals surface area contributed by atoms with E-state index in [1.807, 2.05) is 30.3 Å². The first kappa shape index (κ1) is 15.4. The highest BCUT2D eigenvalue weighted by Gasteiger charge is 2.19. The van der Waals surface area contributed by atoms with Gasteiger partial charge >= 0.3 is 5.97 Å². The highest BCUT2D eigenvalue weighted by molar-refractivity contribution is 5.88. The van der Waals surface area contributed by atoms with E-state index in [1.54, 1.807) is 12.3 Å². The summed E-state index contributed by atoms with van der Waals surface area (Å²) in [4.78, 5) is 11.4. The summed E-state index contributed by atoms with van der Waals surface area (Å²) in [6, 6.07) is 9.84. The summed E-state index contributed by atoms with van der Waals surface area (Å²) in [5.74, 6) is 0.388. The predicted molar refractivity (Wildman–Crippen MR) is 85.7 cm³/mol. The standard InChI is InChI=1S/C18H23NO2/c1-2-3-4-5-7-10-15-13-18(20)21-17(15)14-19-16-11-8-6-9-12-16/h6,8-9,11-14,19H,2-5,7,10H2,1H3. The van der Waals surface area contributed by atoms with E-state index in [-0.39, 0.29) is 5.97 Å². The maximum Gasteiger partial charge on any atom is 0.336 e. The Bertz CT molecular complexity index is 517. The van der Waals surface area contributed by atoms with Crippen molar-refractivity contribution in [1.29, 1.82) is 0 Å². The van der Waals surface area contributed by atoms with Crippen LogP contribution in [0.15, 0.2) is 53.9 Å². The molecule has 1 aliphatic rings. The summed E-state index contributed by atoms with van der Waals surface area (Å²) >= 11 is 0. The number of allylic oxidation sites excluding steroid dienone is 1. The summed E-state index contributed by atoms with van der Waals surface area (Å²) in [7, 11) is 0. The molecule has 112 valence electrons. The highest BCUT2D eigenvalue weighted by atomic mass is 16.5. The molecule has 0 bridgehead atoms. The predicted octanol–water partition coefficient (Wildman–Crippen LogP) is 4.78. The number of hydrogen-bond donors (Lipinski definition) is 1. The molecule has 0 aliphatic carbocycles. The molecule has 1 aliphatic heterocycles. The van der Waals surface area contributed by atoms with Crippen LogP contribution in [0.25, 0.3) is 0 Å². The zero-order valence-corrected chi connectivity index (χ0v) is 12.6. The van der Waals surface area contributed by atoms with Gasteiger partial charge in [-0.1, -0.05) is 50.8 Å². The van der Waals surface area contributed by atoms with E-state index in [9.17, 15) is 4.79 Å². The van der Waals surface area contributed by atoms with Crippen molar-refractivity contribution in [2.45, 2.75) is 45.4 Å². The van der Waals surface area contributed by atoms with Crippen LogP contribution in [-0.2, 0) is 9.53 Å². The first-order valence-corrected chi connectivity index (χ1v) is 7.74. The molecule has 0 spiro atoms. The number of benzene rings is 1. The number of hydrogen-bond acceptors (Lipinski definition) is 3. The van der Waals surface area contributed by atoms with Crippen molar-refractivity contribution in [2.24, 2.45) is 0 Å². The number of esters is 1. The molecule has 0 atom stereocenters. The smallest absolute Gasteiger partial charge is 0.336 e. The normalized spacial score (nSPS) is 16.0. The first-order chi connectivity index (χ1) is 10.3. The molecule has 1 aromatic carbocycles. The van der Waals surface area contributed by atoms with Crippen LogP contribution in [0.5, 0.6) is 0 Å². The van der Waals surface area contributed by atoms with E-state index in [1.165, 1.54) is 25.7 Å². The van der Waals surface area contributed by atoms with Crippen LogP contribution >= 0.6 is 0 Å². The van der Waals surface area contributed by atoms with E-state index in [0.29, 0.717) is 5.76 Å². The lowest BCUT2D eigenvalue weighted by atomic mass is 10.1. The lowest BCUT2D eigenvalue weighted by molar-refractivity contribution is -0.132. The van der Waals surface area contributed by atoms with Gasteiger partial charge in [0.1, 0.15) is 0 Å². The number of carbonyl (C=O) groups is 1. The lowest BCUT2D eigenvalue weighted by Crippen LogP contribution is -1.96. The summed E-state index contributed by atoms with van der Waals surface area (Å²) in [5, 5.41) is 3.17. The second kappa shape index (κ2) is 8.30. The van der Waals surface area contributed by atoms with Gasteiger partial charge in [0.05, 0.1) is 0 Å². The Kier molecular flexibility index (Phi) is 6.07. The Morgan fingerprint density at radius 1 is 1.10 bits per heavy atom. The monoisotopic (exact) mass is 285 g/mol. The Balaban J connectivity index is 1.86. The molecule has 3 nitrogen and oxygen atoms in total. The fraction of sp³-hybridized carbons (Fsp3) is 0.389. The van der Waals surface area contributed by atoms with E-state index in [2.05, 4.69) is 12.2 Å². The molecule has 0 aromatic heterocycles. The minimum absolute atomic E-state index is 0.264. The van der Waals surface area contributed by atoms with Gasteiger partial charge in [-0.25, -0.2) is 4.79 Å². The Morgan fingerprint density at radius 2 is 1.86 bits per heavy atom. The minimum atomic E-state index is -0.264. The number of ether oxygens (including phenoxy) is 1. The van der Waals surface area contributed by atoms with Crippen molar-refractivity contribution < 1.29 is 9.53 Å². The summed E-state index contributed by atoms with van der Waals surface area (Å²) in [5.41, 5.74) is 1.98. The molecule has 1 aromatic rings. The Morgan fingerprint density at radius 3 is 2.62 bits per heavy atom. The molecule has 0 radical (unpaired) electrons. The fourth-order valence-corrected chi connectivity index (χ4v) is 2.34. The number of unbranched alkanes of at least 4 members (excludes halogenated alkanes) is 4. The van der Waals surface area contributed by atoms with E-state index < -0.39 is 0 Å². The molecular formula is C18H23NO2. The van der Waals surface area contributed by atoms with Crippen LogP contribution in [0.3, 0.4) is 0 Å². The van der Waals surface area contributed by atoms with Crippen LogP contribution in [-0.4, -0.2) is 5.97 Å². The average molecular weight is 285 g/mol. The second-order valence-corrected chi connectivity index (χ2v) is 5.27. The molecule has 2 rings (SSSR count). The topological polar surface area (TPSA) is 38.3 Å². The van der Waals surface area contributed by atoms with Gasteiger partial charge < -0.3 is 10.1 Å². The molecular weight excluding hydrogens is 262 g/mol. The molecule has 0 saturated heterocycles. The fourth-order valence-electron chi connectivity index (χ4n) is 2.34. The third kappa shape index (κ3) is 5.10. The van der Waals surface area contributed by atoms with Crippen LogP contribution in [0.2, 0.25) is 0 Å².